The van der Waals surface area contributed by atoms with E-state index in [0.29, 0.717) is 13.0 Å². The van der Waals surface area contributed by atoms with E-state index in [2.05, 4.69) is 33.9 Å². The van der Waals surface area contributed by atoms with Gasteiger partial charge in [-0.1, -0.05) is 51.1 Å². The highest BCUT2D eigenvalue weighted by Crippen LogP contribution is 2.38. The first-order chi connectivity index (χ1) is 11.6. The Labute approximate surface area is 152 Å². The van der Waals surface area contributed by atoms with Gasteiger partial charge in [-0.05, 0) is 30.1 Å². The number of aliphatic hydroxyl groups is 1. The Balaban J connectivity index is 1.95. The minimum absolute atomic E-state index is 0.0395. The average Bonchev–Trinajstić information content (AvgIpc) is 2.95. The van der Waals surface area contributed by atoms with E-state index in [1.807, 2.05) is 30.3 Å². The van der Waals surface area contributed by atoms with Crippen molar-refractivity contribution in [3.05, 3.63) is 35.9 Å². The number of hydrogen-bond donors (Lipinski definition) is 1. The Morgan fingerprint density at radius 3 is 2.48 bits per heavy atom. The van der Waals surface area contributed by atoms with Gasteiger partial charge in [0.25, 0.3) is 0 Å². The number of aliphatic hydroxyl groups excluding tert-OH is 1. The second-order valence-electron chi connectivity index (χ2n) is 8.26. The van der Waals surface area contributed by atoms with Crippen LogP contribution in [0, 0.1) is 0 Å². The van der Waals surface area contributed by atoms with Crippen LogP contribution in [0.4, 0.5) is 4.79 Å². The molecule has 1 fully saturated rings. The molecule has 1 saturated heterocycles. The largest absolute Gasteiger partial charge is 0.445 e. The molecule has 6 heteroatoms. The third-order valence-electron chi connectivity index (χ3n) is 5.29. The zero-order valence-corrected chi connectivity index (χ0v) is 17.0. The van der Waals surface area contributed by atoms with Gasteiger partial charge in [0.05, 0.1) is 18.8 Å². The number of amides is 1. The van der Waals surface area contributed by atoms with Gasteiger partial charge in [0, 0.05) is 6.54 Å². The van der Waals surface area contributed by atoms with Crippen molar-refractivity contribution in [3.63, 3.8) is 0 Å². The van der Waals surface area contributed by atoms with Crippen molar-refractivity contribution in [2.45, 2.75) is 64.1 Å². The number of hydrogen-bond acceptors (Lipinski definition) is 4. The summed E-state index contributed by atoms with van der Waals surface area (Å²) < 4.78 is 11.8. The Morgan fingerprint density at radius 2 is 1.92 bits per heavy atom. The first-order valence-corrected chi connectivity index (χ1v) is 11.8. The van der Waals surface area contributed by atoms with Crippen molar-refractivity contribution in [2.24, 2.45) is 0 Å². The molecule has 25 heavy (non-hydrogen) atoms. The molecule has 1 aliphatic rings. The maximum absolute atomic E-state index is 12.4. The number of ether oxygens (including phenoxy) is 1. The van der Waals surface area contributed by atoms with Crippen LogP contribution in [0.5, 0.6) is 0 Å². The molecule has 0 aromatic heterocycles. The summed E-state index contributed by atoms with van der Waals surface area (Å²) >= 11 is 0. The molecule has 0 radical (unpaired) electrons. The molecule has 5 nitrogen and oxygen atoms in total. The molecule has 140 valence electrons. The van der Waals surface area contributed by atoms with Gasteiger partial charge < -0.3 is 19.2 Å². The fourth-order valence-corrected chi connectivity index (χ4v) is 4.11. The van der Waals surface area contributed by atoms with E-state index < -0.39 is 8.32 Å². The van der Waals surface area contributed by atoms with Crippen LogP contribution in [0.3, 0.4) is 0 Å². The highest BCUT2D eigenvalue weighted by molar-refractivity contribution is 6.74. The monoisotopic (exact) mass is 365 g/mol. The van der Waals surface area contributed by atoms with E-state index >= 15 is 0 Å². The lowest BCUT2D eigenvalue weighted by atomic mass is 10.2. The summed E-state index contributed by atoms with van der Waals surface area (Å²) in [7, 11) is -1.91. The van der Waals surface area contributed by atoms with E-state index in [1.165, 1.54) is 0 Å². The number of carbonyl (C=O) groups excluding carboxylic acids is 1. The predicted molar refractivity (Wildman–Crippen MR) is 101 cm³/mol. The molecule has 1 heterocycles. The summed E-state index contributed by atoms with van der Waals surface area (Å²) in [6, 6.07) is 9.36. The number of benzene rings is 1. The lowest BCUT2D eigenvalue weighted by Crippen LogP contribution is -2.44. The molecule has 2 atom stereocenters. The van der Waals surface area contributed by atoms with Gasteiger partial charge in [-0.2, -0.15) is 0 Å². The van der Waals surface area contributed by atoms with Crippen molar-refractivity contribution in [1.29, 1.82) is 0 Å². The summed E-state index contributed by atoms with van der Waals surface area (Å²) in [4.78, 5) is 14.1. The number of carbonyl (C=O) groups is 1. The molecule has 1 amide bonds. The summed E-state index contributed by atoms with van der Waals surface area (Å²) in [5.41, 5.74) is 0.949. The van der Waals surface area contributed by atoms with Crippen LogP contribution in [0.25, 0.3) is 0 Å². The summed E-state index contributed by atoms with van der Waals surface area (Å²) in [6.07, 6.45) is 0.232. The minimum atomic E-state index is -1.91. The zero-order chi connectivity index (χ0) is 18.7. The molecule has 1 aromatic carbocycles. The second-order valence-corrected chi connectivity index (χ2v) is 13.0. The molecule has 0 aliphatic carbocycles. The van der Waals surface area contributed by atoms with Gasteiger partial charge in [0.15, 0.2) is 8.32 Å². The zero-order valence-electron chi connectivity index (χ0n) is 16.0. The van der Waals surface area contributed by atoms with E-state index in [1.54, 1.807) is 4.90 Å². The van der Waals surface area contributed by atoms with Crippen LogP contribution in [0.2, 0.25) is 18.1 Å². The van der Waals surface area contributed by atoms with Crippen LogP contribution in [-0.2, 0) is 15.8 Å². The molecule has 1 aliphatic heterocycles. The summed E-state index contributed by atoms with van der Waals surface area (Å²) in [5, 5.41) is 9.77. The first-order valence-electron chi connectivity index (χ1n) is 8.90. The average molecular weight is 366 g/mol. The topological polar surface area (TPSA) is 59.0 Å². The first kappa shape index (κ1) is 19.9. The Morgan fingerprint density at radius 1 is 1.28 bits per heavy atom. The van der Waals surface area contributed by atoms with Crippen LogP contribution in [-0.4, -0.2) is 49.7 Å². The van der Waals surface area contributed by atoms with Gasteiger partial charge in [-0.15, -0.1) is 0 Å². The van der Waals surface area contributed by atoms with Crippen LogP contribution >= 0.6 is 0 Å². The van der Waals surface area contributed by atoms with Crippen molar-refractivity contribution in [3.8, 4) is 0 Å². The minimum Gasteiger partial charge on any atom is -0.445 e. The highest BCUT2D eigenvalue weighted by atomic mass is 28.4. The maximum Gasteiger partial charge on any atom is 0.410 e. The molecule has 0 bridgehead atoms. The van der Waals surface area contributed by atoms with Crippen molar-refractivity contribution in [2.75, 3.05) is 13.2 Å². The SMILES string of the molecule is CC(C)(C)[Si](C)(C)O[C@H]1C[C@@H](CO)N(C(=O)OCc2ccccc2)C1. The Kier molecular flexibility index (Phi) is 6.29. The molecule has 0 unspecified atom stereocenters. The molecule has 0 saturated carbocycles. The molecular weight excluding hydrogens is 334 g/mol. The lowest BCUT2D eigenvalue weighted by Gasteiger charge is -2.38. The van der Waals surface area contributed by atoms with Crippen LogP contribution in [0.1, 0.15) is 32.8 Å². The number of likely N-dealkylation sites (tertiary alicyclic amines) is 1. The smallest absolute Gasteiger partial charge is 0.410 e. The fourth-order valence-electron chi connectivity index (χ4n) is 2.75. The Bertz CT molecular complexity index is 571. The van der Waals surface area contributed by atoms with E-state index in [4.69, 9.17) is 9.16 Å². The van der Waals surface area contributed by atoms with Gasteiger partial charge >= 0.3 is 6.09 Å². The number of rotatable bonds is 5. The summed E-state index contributed by atoms with van der Waals surface area (Å²) in [5.74, 6) is 0. The van der Waals surface area contributed by atoms with E-state index in [9.17, 15) is 9.90 Å². The quantitative estimate of drug-likeness (QED) is 0.807. The predicted octanol–water partition coefficient (Wildman–Crippen LogP) is 3.78. The van der Waals surface area contributed by atoms with Gasteiger partial charge in [-0.25, -0.2) is 4.79 Å². The molecule has 0 spiro atoms. The van der Waals surface area contributed by atoms with Crippen LogP contribution in [0.15, 0.2) is 30.3 Å². The number of nitrogens with zero attached hydrogens (tertiary/aromatic N) is 1. The summed E-state index contributed by atoms with van der Waals surface area (Å²) in [6.45, 7) is 11.6. The molecule has 1 N–H and O–H groups in total. The van der Waals surface area contributed by atoms with Crippen molar-refractivity contribution in [1.82, 2.24) is 4.90 Å². The molecule has 2 rings (SSSR count). The lowest BCUT2D eigenvalue weighted by molar-refractivity contribution is 0.0775. The van der Waals surface area contributed by atoms with Crippen molar-refractivity contribution >= 4 is 14.4 Å². The second kappa shape index (κ2) is 7.89. The maximum atomic E-state index is 12.4. The van der Waals surface area contributed by atoms with E-state index in [0.717, 1.165) is 5.56 Å². The Hall–Kier alpha value is -1.37. The van der Waals surface area contributed by atoms with Gasteiger partial charge in [-0.3, -0.25) is 0 Å². The van der Waals surface area contributed by atoms with E-state index in [-0.39, 0.29) is 36.5 Å². The highest BCUT2D eigenvalue weighted by Gasteiger charge is 2.43. The van der Waals surface area contributed by atoms with Gasteiger partial charge in [0.2, 0.25) is 0 Å². The standard InChI is InChI=1S/C19H31NO4Si/c1-19(2,3)25(4,5)24-17-11-16(13-21)20(12-17)18(22)23-14-15-9-7-6-8-10-15/h6-10,16-17,21H,11-14H2,1-5H3/t16-,17-/m0/s1. The normalized spacial score (nSPS) is 21.4. The third kappa shape index (κ3) is 5.06. The third-order valence-corrected chi connectivity index (χ3v) is 9.83. The molecule has 1 aromatic rings. The van der Waals surface area contributed by atoms with Gasteiger partial charge in [0.1, 0.15) is 6.61 Å². The van der Waals surface area contributed by atoms with Crippen LogP contribution < -0.4 is 0 Å². The molecular formula is C19H31NO4Si. The fraction of sp³-hybridized carbons (Fsp3) is 0.632. The van der Waals surface area contributed by atoms with Crippen molar-refractivity contribution < 1.29 is 19.1 Å².